The molecule has 0 aromatic heterocycles. The molecule has 0 saturated heterocycles. The van der Waals surface area contributed by atoms with Gasteiger partial charge in [-0.05, 0) is 67.9 Å². The number of amidine groups is 1. The van der Waals surface area contributed by atoms with Crippen LogP contribution in [0.15, 0.2) is 58.5 Å². The molecular formula is C30H30Cl4N6O4S. The standard InChI is InChI=1S/C30H30Cl4N6O4S/c1-5-40(11-10-35-45(4,43)44)20-7-9-24(16(2)12-20)37-28-29(42)27(26-22(33)13-18(31)14-23(26)34)39-30(28)38-25-15-19(36-17(3)41)6-8-21(25)32/h6-9,12-15,27,35H,5,10-11H2,1-4H3,(H,36,41)(H,38,39)/b37-28+. The summed E-state index contributed by atoms with van der Waals surface area (Å²) >= 11 is 25.5. The molecule has 45 heavy (non-hydrogen) atoms. The number of amides is 1. The van der Waals surface area contributed by atoms with Gasteiger partial charge in [-0.15, -0.1) is 0 Å². The van der Waals surface area contributed by atoms with E-state index in [4.69, 9.17) is 51.4 Å². The zero-order chi connectivity index (χ0) is 33.1. The van der Waals surface area contributed by atoms with Crippen LogP contribution in [-0.4, -0.2) is 57.5 Å². The Bertz CT molecular complexity index is 1810. The van der Waals surface area contributed by atoms with Gasteiger partial charge >= 0.3 is 0 Å². The third-order valence-electron chi connectivity index (χ3n) is 6.73. The molecule has 3 aromatic rings. The van der Waals surface area contributed by atoms with Crippen molar-refractivity contribution in [3.63, 3.8) is 0 Å². The van der Waals surface area contributed by atoms with E-state index in [0.29, 0.717) is 40.2 Å². The summed E-state index contributed by atoms with van der Waals surface area (Å²) in [6.07, 6.45) is 1.12. The number of benzene rings is 3. The predicted octanol–water partition coefficient (Wildman–Crippen LogP) is 6.85. The summed E-state index contributed by atoms with van der Waals surface area (Å²) in [6, 6.07) is 12.2. The molecule has 15 heteroatoms. The summed E-state index contributed by atoms with van der Waals surface area (Å²) < 4.78 is 25.5. The van der Waals surface area contributed by atoms with Crippen LogP contribution >= 0.6 is 46.4 Å². The van der Waals surface area contributed by atoms with Crippen molar-refractivity contribution in [3.05, 3.63) is 79.7 Å². The van der Waals surface area contributed by atoms with Crippen molar-refractivity contribution in [2.45, 2.75) is 26.8 Å². The number of carbonyl (C=O) groups is 2. The van der Waals surface area contributed by atoms with Crippen molar-refractivity contribution in [2.24, 2.45) is 9.98 Å². The van der Waals surface area contributed by atoms with E-state index in [1.165, 1.54) is 19.1 Å². The number of nitrogens with zero attached hydrogens (tertiary/aromatic N) is 3. The average Bonchev–Trinajstić information content (AvgIpc) is 3.22. The summed E-state index contributed by atoms with van der Waals surface area (Å²) in [5.41, 5.74) is 3.29. The smallest absolute Gasteiger partial charge is 0.221 e. The fraction of sp³-hybridized carbons (Fsp3) is 0.267. The highest BCUT2D eigenvalue weighted by molar-refractivity contribution is 7.88. The Morgan fingerprint density at radius 2 is 1.71 bits per heavy atom. The molecule has 0 fully saturated rings. The van der Waals surface area contributed by atoms with Gasteiger partial charge in [0.1, 0.15) is 6.04 Å². The largest absolute Gasteiger partial charge is 0.370 e. The van der Waals surface area contributed by atoms with Crippen LogP contribution in [0.1, 0.15) is 31.0 Å². The van der Waals surface area contributed by atoms with Gasteiger partial charge in [-0.2, -0.15) is 0 Å². The van der Waals surface area contributed by atoms with E-state index < -0.39 is 21.8 Å². The summed E-state index contributed by atoms with van der Waals surface area (Å²) in [5.74, 6) is -0.596. The summed E-state index contributed by atoms with van der Waals surface area (Å²) in [6.45, 7) is 6.55. The lowest BCUT2D eigenvalue weighted by Crippen LogP contribution is -2.34. The Balaban J connectivity index is 1.74. The van der Waals surface area contributed by atoms with E-state index in [-0.39, 0.29) is 39.6 Å². The topological polar surface area (TPSA) is 132 Å². The van der Waals surface area contributed by atoms with Gasteiger partial charge in [0.2, 0.25) is 21.7 Å². The minimum atomic E-state index is -3.31. The number of aliphatic imine (C=N–C) groups is 2. The first-order chi connectivity index (χ1) is 21.2. The monoisotopic (exact) mass is 710 g/mol. The lowest BCUT2D eigenvalue weighted by molar-refractivity contribution is -0.114. The van der Waals surface area contributed by atoms with Crippen molar-refractivity contribution in [1.29, 1.82) is 0 Å². The number of nitrogens with one attached hydrogen (secondary N) is 3. The number of hydrogen-bond acceptors (Lipinski definition) is 8. The summed E-state index contributed by atoms with van der Waals surface area (Å²) in [5, 5.41) is 6.77. The molecule has 0 radical (unpaired) electrons. The van der Waals surface area contributed by atoms with E-state index in [0.717, 1.165) is 17.5 Å². The van der Waals surface area contributed by atoms with Gasteiger partial charge < -0.3 is 15.5 Å². The van der Waals surface area contributed by atoms with Crippen LogP contribution in [-0.2, 0) is 19.6 Å². The zero-order valence-electron chi connectivity index (χ0n) is 24.7. The molecule has 1 atom stereocenters. The third kappa shape index (κ3) is 8.75. The molecule has 238 valence electrons. The molecule has 1 heterocycles. The van der Waals surface area contributed by atoms with Crippen LogP contribution in [0.3, 0.4) is 0 Å². The molecule has 0 aliphatic carbocycles. The zero-order valence-corrected chi connectivity index (χ0v) is 28.6. The Morgan fingerprint density at radius 3 is 2.31 bits per heavy atom. The lowest BCUT2D eigenvalue weighted by atomic mass is 10.0. The average molecular weight is 712 g/mol. The van der Waals surface area contributed by atoms with Crippen LogP contribution in [0, 0.1) is 6.92 Å². The number of aryl methyl sites for hydroxylation is 1. The van der Waals surface area contributed by atoms with Gasteiger partial charge in [-0.25, -0.2) is 23.1 Å². The van der Waals surface area contributed by atoms with Gasteiger partial charge in [0.25, 0.3) is 0 Å². The van der Waals surface area contributed by atoms with E-state index in [1.54, 1.807) is 24.3 Å². The predicted molar refractivity (Wildman–Crippen MR) is 185 cm³/mol. The van der Waals surface area contributed by atoms with Crippen LogP contribution in [0.5, 0.6) is 0 Å². The maximum Gasteiger partial charge on any atom is 0.221 e. The molecule has 0 bridgehead atoms. The van der Waals surface area contributed by atoms with E-state index in [9.17, 15) is 18.0 Å². The second-order valence-electron chi connectivity index (χ2n) is 10.2. The highest BCUT2D eigenvalue weighted by Crippen LogP contribution is 2.39. The Morgan fingerprint density at radius 1 is 1.02 bits per heavy atom. The molecule has 10 nitrogen and oxygen atoms in total. The van der Waals surface area contributed by atoms with Crippen molar-refractivity contribution < 1.29 is 18.0 Å². The third-order valence-corrected chi connectivity index (χ3v) is 8.63. The quantitative estimate of drug-likeness (QED) is 0.211. The fourth-order valence-corrected chi connectivity index (χ4v) is 6.30. The number of anilines is 3. The maximum atomic E-state index is 13.9. The van der Waals surface area contributed by atoms with Crippen LogP contribution < -0.4 is 20.3 Å². The van der Waals surface area contributed by atoms with Gasteiger partial charge in [0.15, 0.2) is 11.5 Å². The Kier molecular flexibility index (Phi) is 11.2. The van der Waals surface area contributed by atoms with Crippen molar-refractivity contribution >= 4 is 102 Å². The number of sulfonamides is 1. The first kappa shape index (κ1) is 34.7. The molecule has 0 spiro atoms. The van der Waals surface area contributed by atoms with Gasteiger partial charge in [0, 0.05) is 58.6 Å². The highest BCUT2D eigenvalue weighted by Gasteiger charge is 2.38. The molecule has 1 aliphatic heterocycles. The number of hydrogen-bond donors (Lipinski definition) is 3. The number of halogens is 4. The molecule has 1 aliphatic rings. The second kappa shape index (κ2) is 14.5. The van der Waals surface area contributed by atoms with Gasteiger partial charge in [-0.1, -0.05) is 46.4 Å². The SMILES string of the molecule is CCN(CCNS(C)(=O)=O)c1ccc(/N=C2\C(=O)C(c3c(Cl)cc(Cl)cc3Cl)N=C2Nc2cc(NC(C)=O)ccc2Cl)c(C)c1. The van der Waals surface area contributed by atoms with Gasteiger partial charge in [-0.3, -0.25) is 9.59 Å². The van der Waals surface area contributed by atoms with E-state index in [1.807, 2.05) is 30.9 Å². The van der Waals surface area contributed by atoms with Crippen molar-refractivity contribution in [2.75, 3.05) is 41.4 Å². The number of likely N-dealkylation sites (N-methyl/N-ethyl adjacent to an activating group) is 1. The van der Waals surface area contributed by atoms with Crippen LogP contribution in [0.4, 0.5) is 22.7 Å². The number of rotatable bonds is 10. The second-order valence-corrected chi connectivity index (χ2v) is 13.7. The van der Waals surface area contributed by atoms with Crippen LogP contribution in [0.2, 0.25) is 20.1 Å². The summed E-state index contributed by atoms with van der Waals surface area (Å²) in [7, 11) is -3.31. The number of Topliss-reactive ketones (excluding diaryl/α,β-unsaturated/α-hetero) is 1. The van der Waals surface area contributed by atoms with E-state index >= 15 is 0 Å². The molecule has 3 N–H and O–H groups in total. The van der Waals surface area contributed by atoms with E-state index in [2.05, 4.69) is 20.3 Å². The fourth-order valence-electron chi connectivity index (χ4n) is 4.65. The molecule has 4 rings (SSSR count). The molecular weight excluding hydrogens is 682 g/mol. The minimum absolute atomic E-state index is 0.0173. The maximum absolute atomic E-state index is 13.9. The minimum Gasteiger partial charge on any atom is -0.370 e. The molecule has 3 aromatic carbocycles. The van der Waals surface area contributed by atoms with Crippen LogP contribution in [0.25, 0.3) is 0 Å². The van der Waals surface area contributed by atoms with Crippen molar-refractivity contribution in [1.82, 2.24) is 4.72 Å². The Labute approximate surface area is 281 Å². The number of carbonyl (C=O) groups excluding carboxylic acids is 2. The highest BCUT2D eigenvalue weighted by atomic mass is 35.5. The molecule has 0 saturated carbocycles. The molecule has 1 unspecified atom stereocenters. The van der Waals surface area contributed by atoms with Crippen molar-refractivity contribution in [3.8, 4) is 0 Å². The first-order valence-electron chi connectivity index (χ1n) is 13.7. The lowest BCUT2D eigenvalue weighted by Gasteiger charge is -2.24. The molecule has 1 amide bonds. The summed E-state index contributed by atoms with van der Waals surface area (Å²) in [4.78, 5) is 37.0. The number of ketones is 1. The first-order valence-corrected chi connectivity index (χ1v) is 17.1. The normalized spacial score (nSPS) is 15.7. The Hall–Kier alpha value is -3.19. The van der Waals surface area contributed by atoms with Gasteiger partial charge in [0.05, 0.1) is 22.7 Å².